The van der Waals surface area contributed by atoms with Gasteiger partial charge in [-0.2, -0.15) is 0 Å². The van der Waals surface area contributed by atoms with Crippen molar-refractivity contribution in [2.24, 2.45) is 17.8 Å². The Balaban J connectivity index is 0.802. The van der Waals surface area contributed by atoms with Gasteiger partial charge in [-0.1, -0.05) is 141 Å². The molecule has 0 amide bonds. The fourth-order valence-electron chi connectivity index (χ4n) is 9.70. The predicted octanol–water partition coefficient (Wildman–Crippen LogP) is 8.28. The third kappa shape index (κ3) is 5.62. The van der Waals surface area contributed by atoms with E-state index in [2.05, 4.69) is 152 Å². The first kappa shape index (κ1) is 34.5. The topological polar surface area (TPSA) is 89.2 Å². The Morgan fingerprint density at radius 3 is 2.07 bits per heavy atom. The number of benzene rings is 5. The lowest BCUT2D eigenvalue weighted by Crippen LogP contribution is -2.86. The zero-order chi connectivity index (χ0) is 38.4. The Hall–Kier alpha value is -5.76. The number of pyridine rings is 2. The van der Waals surface area contributed by atoms with Crippen LogP contribution in [0.5, 0.6) is 0 Å². The number of thioether (sulfide) groups is 1. The van der Waals surface area contributed by atoms with Crippen LogP contribution in [0.3, 0.4) is 0 Å². The summed E-state index contributed by atoms with van der Waals surface area (Å²) in [7, 11) is -0.806. The number of rotatable bonds is 7. The molecule has 276 valence electrons. The summed E-state index contributed by atoms with van der Waals surface area (Å²) in [5, 5.41) is 15.8. The number of allylic oxidation sites excluding steroid dienone is 4. The second-order valence-electron chi connectivity index (χ2n) is 16.2. The van der Waals surface area contributed by atoms with E-state index in [0.717, 1.165) is 28.0 Å². The van der Waals surface area contributed by atoms with E-state index in [-0.39, 0.29) is 5.41 Å². The number of hydrogen-bond donors (Lipinski definition) is 3. The predicted molar refractivity (Wildman–Crippen MR) is 237 cm³/mol. The van der Waals surface area contributed by atoms with Gasteiger partial charge < -0.3 is 0 Å². The lowest BCUT2D eigenvalue weighted by molar-refractivity contribution is -0.486. The van der Waals surface area contributed by atoms with E-state index < -0.39 is 10.7 Å². The highest BCUT2D eigenvalue weighted by Crippen LogP contribution is 2.66. The van der Waals surface area contributed by atoms with Gasteiger partial charge in [0.15, 0.2) is 5.04 Å². The third-order valence-electron chi connectivity index (χ3n) is 12.5. The number of hydrogen-bond acceptors (Lipinski definition) is 4. The van der Waals surface area contributed by atoms with Crippen molar-refractivity contribution in [2.75, 3.05) is 0 Å². The monoisotopic (exact) mass is 775 g/mol. The van der Waals surface area contributed by atoms with Crippen molar-refractivity contribution in [1.82, 2.24) is 9.97 Å². The van der Waals surface area contributed by atoms with Gasteiger partial charge in [-0.05, 0) is 85.5 Å². The van der Waals surface area contributed by atoms with Crippen molar-refractivity contribution in [2.45, 2.75) is 30.4 Å². The summed E-state index contributed by atoms with van der Waals surface area (Å²) in [5.74, 6) is 2.22. The zero-order valence-corrected chi connectivity index (χ0v) is 33.4. The average molecular weight is 776 g/mol. The first-order chi connectivity index (χ1) is 27.8. The van der Waals surface area contributed by atoms with Crippen LogP contribution in [0.2, 0.25) is 0 Å². The summed E-state index contributed by atoms with van der Waals surface area (Å²) >= 11 is 1.95. The molecule has 1 fully saturated rings. The van der Waals surface area contributed by atoms with Crippen molar-refractivity contribution < 1.29 is 9.77 Å². The van der Waals surface area contributed by atoms with Crippen LogP contribution in [0.1, 0.15) is 41.9 Å². The van der Waals surface area contributed by atoms with Crippen LogP contribution in [0, 0.1) is 23.2 Å². The summed E-state index contributed by atoms with van der Waals surface area (Å²) in [4.78, 5) is 13.9. The molecule has 4 aliphatic rings. The van der Waals surface area contributed by atoms with Gasteiger partial charge in [-0.3, -0.25) is 5.41 Å². The first-order valence-corrected chi connectivity index (χ1v) is 22.0. The van der Waals surface area contributed by atoms with Crippen molar-refractivity contribution in [3.63, 3.8) is 0 Å². The average Bonchev–Trinajstić information content (AvgIpc) is 3.89. The van der Waals surface area contributed by atoms with Crippen LogP contribution in [-0.4, -0.2) is 25.4 Å². The molecule has 7 heteroatoms. The number of nitrogens with one attached hydrogen (secondary N) is 2. The van der Waals surface area contributed by atoms with Crippen molar-refractivity contribution >= 4 is 59.7 Å². The van der Waals surface area contributed by atoms with Crippen LogP contribution >= 0.6 is 11.8 Å². The fourth-order valence-corrected chi connectivity index (χ4v) is 11.9. The van der Waals surface area contributed by atoms with E-state index >= 15 is 0 Å². The van der Waals surface area contributed by atoms with E-state index in [1.807, 2.05) is 30.0 Å². The van der Waals surface area contributed by atoms with E-state index in [4.69, 9.17) is 20.2 Å². The van der Waals surface area contributed by atoms with Crippen molar-refractivity contribution in [3.05, 3.63) is 185 Å². The van der Waals surface area contributed by atoms with Crippen molar-refractivity contribution in [1.29, 1.82) is 5.41 Å². The number of nitrogens with zero attached hydrogens (tertiary/aromatic N) is 2. The maximum absolute atomic E-state index is 9.13. The quantitative estimate of drug-likeness (QED) is 0.113. The second kappa shape index (κ2) is 13.2. The molecule has 1 saturated carbocycles. The molecule has 57 heavy (non-hydrogen) atoms. The van der Waals surface area contributed by atoms with Crippen molar-refractivity contribution in [3.8, 4) is 22.5 Å². The molecule has 1 aliphatic heterocycles. The summed E-state index contributed by atoms with van der Waals surface area (Å²) in [6.07, 6.45) is 4.86. The second-order valence-corrected chi connectivity index (χ2v) is 18.9. The Morgan fingerprint density at radius 2 is 1.35 bits per heavy atom. The Kier molecular flexibility index (Phi) is 7.96. The van der Waals surface area contributed by atoms with Crippen LogP contribution in [-0.2, 0) is 21.9 Å². The van der Waals surface area contributed by atoms with Gasteiger partial charge in [-0.15, -0.1) is 0 Å². The molecule has 0 spiro atoms. The lowest BCUT2D eigenvalue weighted by atomic mass is 9.77. The zero-order valence-electron chi connectivity index (χ0n) is 31.7. The summed E-state index contributed by atoms with van der Waals surface area (Å²) in [6, 6.07) is 48.8. The van der Waals surface area contributed by atoms with Gasteiger partial charge >= 0.3 is 0 Å². The van der Waals surface area contributed by atoms with E-state index in [0.29, 0.717) is 39.6 Å². The van der Waals surface area contributed by atoms with E-state index in [1.165, 1.54) is 49.0 Å². The van der Waals surface area contributed by atoms with E-state index in [1.54, 1.807) is 5.57 Å². The number of fused-ring (bicyclic) bond motifs is 6. The molecule has 2 aromatic heterocycles. The first-order valence-electron chi connectivity index (χ1n) is 19.7. The van der Waals surface area contributed by atoms with Crippen LogP contribution in [0.25, 0.3) is 49.6 Å². The molecule has 3 heterocycles. The minimum atomic E-state index is -0.806. The van der Waals surface area contributed by atoms with Gasteiger partial charge in [0.2, 0.25) is 5.37 Å². The fraction of sp³-hybridized carbons (Fsp3) is 0.160. The normalized spacial score (nSPS) is 21.7. The summed E-state index contributed by atoms with van der Waals surface area (Å²) in [6.45, 7) is 4.80. The Morgan fingerprint density at radius 1 is 0.737 bits per heavy atom. The lowest BCUT2D eigenvalue weighted by Gasteiger charge is -2.27. The van der Waals surface area contributed by atoms with Crippen LogP contribution < -0.4 is 9.77 Å². The van der Waals surface area contributed by atoms with Gasteiger partial charge in [0.05, 0.1) is 27.8 Å². The largest absolute Gasteiger partial charge is 0.288 e. The summed E-state index contributed by atoms with van der Waals surface area (Å²) in [5.41, 5.74) is 12.5. The standard InChI is InChI=1S/C50H39N5S2/c1-50(2)39-27-29(28-57(52)47(51)42-21-9-19-40(53-42)35-17-7-13-30-11-3-5-15-32(30)35)23-24-34(39)37-25-26-38-44(46(37)50)45(38)49-55-48(56-49)43-22-10-20-41(54-43)36-18-8-14-31-12-4-6-16-33(31)36/h3-27,38,44-45,49,51-52H,28H2,1-2H3/p+2. The number of nitrogens with two attached hydrogens (primary N) is 1. The highest BCUT2D eigenvalue weighted by Gasteiger charge is 2.64. The molecule has 3 aliphatic carbocycles. The smallest absolute Gasteiger partial charge is 0.266 e. The van der Waals surface area contributed by atoms with Gasteiger partial charge in [0.1, 0.15) is 11.4 Å². The molecular formula is C50H41N5S2+2. The SMILES string of the molecule is CC1(C)C2=C(C=CC3C2C3C2[NH+]=C(c3cccc(-c4cccc5ccccc45)n3)S2)c2ccc(CS(=[NH2+])C(=N)c3cccc(-c4cccc5ccccc45)n3)cc21. The molecular weight excluding hydrogens is 735 g/mol. The Labute approximate surface area is 339 Å². The number of aromatic nitrogens is 2. The van der Waals surface area contributed by atoms with Gasteiger partial charge in [-0.25, -0.2) is 19.7 Å². The molecule has 0 bridgehead atoms. The molecule has 5 nitrogen and oxygen atoms in total. The van der Waals surface area contributed by atoms with Crippen LogP contribution in [0.15, 0.2) is 157 Å². The molecule has 5 atom stereocenters. The minimum Gasteiger partial charge on any atom is -0.288 e. The van der Waals surface area contributed by atoms with Crippen LogP contribution in [0.4, 0.5) is 0 Å². The molecule has 11 rings (SSSR count). The molecule has 7 aromatic rings. The van der Waals surface area contributed by atoms with Gasteiger partial charge in [0.25, 0.3) is 5.04 Å². The van der Waals surface area contributed by atoms with Gasteiger partial charge in [0, 0.05) is 34.2 Å². The maximum atomic E-state index is 9.13. The molecule has 5 aromatic carbocycles. The molecule has 4 N–H and O–H groups in total. The highest BCUT2D eigenvalue weighted by molar-refractivity contribution is 8.15. The summed E-state index contributed by atoms with van der Waals surface area (Å²) < 4.78 is 6.83. The minimum absolute atomic E-state index is 0.0898. The third-order valence-corrected chi connectivity index (χ3v) is 15.1. The maximum Gasteiger partial charge on any atom is 0.266 e. The van der Waals surface area contributed by atoms with E-state index in [9.17, 15) is 0 Å². The molecule has 0 radical (unpaired) electrons. The highest BCUT2D eigenvalue weighted by atomic mass is 32.2. The Bertz CT molecular complexity index is 2970. The molecule has 5 unspecified atom stereocenters. The molecule has 0 saturated heterocycles.